The number of thiazole rings is 1. The van der Waals surface area contributed by atoms with Gasteiger partial charge in [-0.2, -0.15) is 0 Å². The van der Waals surface area contributed by atoms with E-state index < -0.39 is 12.1 Å². The Morgan fingerprint density at radius 2 is 2.40 bits per heavy atom. The largest absolute Gasteiger partial charge is 0.476 e. The molecule has 1 amide bonds. The van der Waals surface area contributed by atoms with Crippen molar-refractivity contribution in [3.63, 3.8) is 0 Å². The van der Waals surface area contributed by atoms with Crippen molar-refractivity contribution in [2.75, 3.05) is 11.4 Å². The standard InChI is InChI=1S/C8H8N2O4S/c11-4-1-6(12)10(2-4)8-9-5(3-15-8)7(13)14/h3-4,11H,1-2H2,(H,13,14). The quantitative estimate of drug-likeness (QED) is 0.740. The summed E-state index contributed by atoms with van der Waals surface area (Å²) in [5.74, 6) is -1.35. The van der Waals surface area contributed by atoms with E-state index in [1.165, 1.54) is 10.3 Å². The number of amides is 1. The molecule has 7 heteroatoms. The second kappa shape index (κ2) is 3.59. The molecule has 1 fully saturated rings. The van der Waals surface area contributed by atoms with Crippen molar-refractivity contribution < 1.29 is 19.8 Å². The fraction of sp³-hybridized carbons (Fsp3) is 0.375. The molecule has 0 saturated carbocycles. The Morgan fingerprint density at radius 1 is 1.67 bits per heavy atom. The summed E-state index contributed by atoms with van der Waals surface area (Å²) in [5.41, 5.74) is -0.0795. The fourth-order valence-corrected chi connectivity index (χ4v) is 2.19. The van der Waals surface area contributed by atoms with E-state index in [2.05, 4.69) is 4.98 Å². The molecule has 1 aromatic rings. The minimum atomic E-state index is -1.12. The normalized spacial score (nSPS) is 21.0. The second-order valence-corrected chi connectivity index (χ2v) is 4.02. The van der Waals surface area contributed by atoms with Crippen molar-refractivity contribution >= 4 is 28.3 Å². The highest BCUT2D eigenvalue weighted by atomic mass is 32.1. The van der Waals surface area contributed by atoms with Crippen LogP contribution in [-0.2, 0) is 4.79 Å². The molecule has 2 rings (SSSR count). The molecule has 0 bridgehead atoms. The average molecular weight is 228 g/mol. The van der Waals surface area contributed by atoms with Crippen LogP contribution in [0.1, 0.15) is 16.9 Å². The summed E-state index contributed by atoms with van der Waals surface area (Å²) in [4.78, 5) is 27.0. The predicted molar refractivity (Wildman–Crippen MR) is 52.1 cm³/mol. The van der Waals surface area contributed by atoms with Gasteiger partial charge in [0.15, 0.2) is 10.8 Å². The third kappa shape index (κ3) is 1.83. The Hall–Kier alpha value is -1.47. The van der Waals surface area contributed by atoms with Gasteiger partial charge in [0, 0.05) is 5.38 Å². The molecule has 0 radical (unpaired) electrons. The van der Waals surface area contributed by atoms with Gasteiger partial charge in [0.05, 0.1) is 19.1 Å². The number of carboxylic acid groups (broad SMARTS) is 1. The summed E-state index contributed by atoms with van der Waals surface area (Å²) in [6.07, 6.45) is -0.614. The maximum atomic E-state index is 11.3. The monoisotopic (exact) mass is 228 g/mol. The molecule has 2 N–H and O–H groups in total. The Kier molecular flexibility index (Phi) is 2.41. The van der Waals surface area contributed by atoms with E-state index in [4.69, 9.17) is 5.11 Å². The second-order valence-electron chi connectivity index (χ2n) is 3.18. The van der Waals surface area contributed by atoms with E-state index in [0.717, 1.165) is 11.3 Å². The van der Waals surface area contributed by atoms with Gasteiger partial charge in [-0.3, -0.25) is 9.69 Å². The van der Waals surface area contributed by atoms with Crippen LogP contribution in [0, 0.1) is 0 Å². The molecular formula is C8H8N2O4S. The van der Waals surface area contributed by atoms with Crippen molar-refractivity contribution in [1.29, 1.82) is 0 Å². The Morgan fingerprint density at radius 3 is 2.87 bits per heavy atom. The summed E-state index contributed by atoms with van der Waals surface area (Å²) in [6.45, 7) is 0.186. The van der Waals surface area contributed by atoms with Gasteiger partial charge < -0.3 is 10.2 Å². The highest BCUT2D eigenvalue weighted by Crippen LogP contribution is 2.25. The smallest absolute Gasteiger partial charge is 0.355 e. The number of aliphatic hydroxyl groups is 1. The van der Waals surface area contributed by atoms with Gasteiger partial charge in [0.1, 0.15) is 0 Å². The van der Waals surface area contributed by atoms with Crippen LogP contribution < -0.4 is 4.90 Å². The molecule has 6 nitrogen and oxygen atoms in total. The fourth-order valence-electron chi connectivity index (χ4n) is 1.36. The summed E-state index contributed by atoms with van der Waals surface area (Å²) in [5, 5.41) is 19.6. The molecule has 1 atom stereocenters. The first-order chi connectivity index (χ1) is 7.08. The molecule has 2 heterocycles. The summed E-state index contributed by atoms with van der Waals surface area (Å²) in [6, 6.07) is 0. The van der Waals surface area contributed by atoms with Gasteiger partial charge in [-0.25, -0.2) is 9.78 Å². The maximum Gasteiger partial charge on any atom is 0.355 e. The number of anilines is 1. The molecule has 1 aromatic heterocycles. The van der Waals surface area contributed by atoms with Crippen LogP contribution in [0.25, 0.3) is 0 Å². The lowest BCUT2D eigenvalue weighted by Crippen LogP contribution is -2.25. The van der Waals surface area contributed by atoms with Crippen molar-refractivity contribution in [2.45, 2.75) is 12.5 Å². The molecular weight excluding hydrogens is 220 g/mol. The summed E-state index contributed by atoms with van der Waals surface area (Å²) in [7, 11) is 0. The number of hydrogen-bond donors (Lipinski definition) is 2. The molecule has 1 aliphatic rings. The van der Waals surface area contributed by atoms with Crippen LogP contribution in [0.15, 0.2) is 5.38 Å². The van der Waals surface area contributed by atoms with Crippen LogP contribution in [0.4, 0.5) is 5.13 Å². The zero-order chi connectivity index (χ0) is 11.0. The van der Waals surface area contributed by atoms with Crippen molar-refractivity contribution in [2.24, 2.45) is 0 Å². The number of carbonyl (C=O) groups is 2. The van der Waals surface area contributed by atoms with E-state index in [0.29, 0.717) is 5.13 Å². The lowest BCUT2D eigenvalue weighted by atomic mass is 10.3. The number of β-amino-alcohol motifs (C(OH)–C–C–N with tert-alkyl or cyclic N) is 1. The maximum absolute atomic E-state index is 11.3. The van der Waals surface area contributed by atoms with Crippen LogP contribution >= 0.6 is 11.3 Å². The van der Waals surface area contributed by atoms with Gasteiger partial charge in [-0.15, -0.1) is 11.3 Å². The molecule has 1 saturated heterocycles. The molecule has 0 aliphatic carbocycles. The number of carboxylic acids is 1. The molecule has 1 aliphatic heterocycles. The van der Waals surface area contributed by atoms with Gasteiger partial charge in [0.25, 0.3) is 0 Å². The van der Waals surface area contributed by atoms with Crippen LogP contribution in [0.5, 0.6) is 0 Å². The van der Waals surface area contributed by atoms with Gasteiger partial charge >= 0.3 is 5.97 Å². The number of aromatic carboxylic acids is 1. The summed E-state index contributed by atoms with van der Waals surface area (Å²) >= 11 is 1.08. The number of rotatable bonds is 2. The van der Waals surface area contributed by atoms with Crippen molar-refractivity contribution in [3.05, 3.63) is 11.1 Å². The van der Waals surface area contributed by atoms with Gasteiger partial charge in [-0.05, 0) is 0 Å². The highest BCUT2D eigenvalue weighted by molar-refractivity contribution is 7.14. The number of carbonyl (C=O) groups excluding carboxylic acids is 1. The lowest BCUT2D eigenvalue weighted by Gasteiger charge is -2.10. The predicted octanol–water partition coefficient (Wildman–Crippen LogP) is -0.0611. The third-order valence-electron chi connectivity index (χ3n) is 2.05. The Balaban J connectivity index is 2.23. The Bertz CT molecular complexity index is 417. The average Bonchev–Trinajstić information content (AvgIpc) is 2.71. The van der Waals surface area contributed by atoms with Crippen molar-refractivity contribution in [1.82, 2.24) is 4.98 Å². The minimum Gasteiger partial charge on any atom is -0.476 e. The number of hydrogen-bond acceptors (Lipinski definition) is 5. The molecule has 0 aromatic carbocycles. The lowest BCUT2D eigenvalue weighted by molar-refractivity contribution is -0.117. The van der Waals surface area contributed by atoms with Gasteiger partial charge in [-0.1, -0.05) is 0 Å². The summed E-state index contributed by atoms with van der Waals surface area (Å²) < 4.78 is 0. The van der Waals surface area contributed by atoms with Crippen LogP contribution in [-0.4, -0.2) is 39.7 Å². The number of nitrogens with zero attached hydrogens (tertiary/aromatic N) is 2. The molecule has 15 heavy (non-hydrogen) atoms. The van der Waals surface area contributed by atoms with E-state index in [1.54, 1.807) is 0 Å². The molecule has 1 unspecified atom stereocenters. The van der Waals surface area contributed by atoms with E-state index in [9.17, 15) is 14.7 Å². The van der Waals surface area contributed by atoms with E-state index in [-0.39, 0.29) is 24.6 Å². The SMILES string of the molecule is O=C(O)c1csc(N2CC(O)CC2=O)n1. The number of aromatic nitrogens is 1. The third-order valence-corrected chi connectivity index (χ3v) is 2.91. The minimum absolute atomic E-state index is 0.0714. The first kappa shape index (κ1) is 10.1. The van der Waals surface area contributed by atoms with Crippen molar-refractivity contribution in [3.8, 4) is 0 Å². The number of aliphatic hydroxyl groups excluding tert-OH is 1. The van der Waals surface area contributed by atoms with E-state index in [1.807, 2.05) is 0 Å². The zero-order valence-corrected chi connectivity index (χ0v) is 8.40. The topological polar surface area (TPSA) is 90.7 Å². The van der Waals surface area contributed by atoms with Crippen LogP contribution in [0.3, 0.4) is 0 Å². The highest BCUT2D eigenvalue weighted by Gasteiger charge is 2.31. The zero-order valence-electron chi connectivity index (χ0n) is 7.58. The molecule has 80 valence electrons. The Labute approximate surface area is 88.8 Å². The van der Waals surface area contributed by atoms with Crippen LogP contribution in [0.2, 0.25) is 0 Å². The first-order valence-electron chi connectivity index (χ1n) is 4.25. The van der Waals surface area contributed by atoms with E-state index >= 15 is 0 Å². The van der Waals surface area contributed by atoms with Gasteiger partial charge in [0.2, 0.25) is 5.91 Å². The first-order valence-corrected chi connectivity index (χ1v) is 5.13. The molecule has 0 spiro atoms.